The van der Waals surface area contributed by atoms with Crippen molar-refractivity contribution in [3.8, 4) is 0 Å². The molecule has 0 saturated heterocycles. The molecule has 0 aromatic heterocycles. The molecule has 0 heterocycles. The zero-order valence-corrected chi connectivity index (χ0v) is 9.35. The van der Waals surface area contributed by atoms with Crippen molar-refractivity contribution in [2.75, 3.05) is 14.1 Å². The summed E-state index contributed by atoms with van der Waals surface area (Å²) < 4.78 is 0. The molecule has 15 heavy (non-hydrogen) atoms. The Labute approximate surface area is 91.7 Å². The van der Waals surface area contributed by atoms with Crippen molar-refractivity contribution >= 4 is 6.08 Å². The molecule has 78 valence electrons. The van der Waals surface area contributed by atoms with E-state index in [1.165, 1.54) is 11.1 Å². The summed E-state index contributed by atoms with van der Waals surface area (Å²) in [6.07, 6.45) is 6.52. The van der Waals surface area contributed by atoms with Gasteiger partial charge in [-0.2, -0.15) is 0 Å². The van der Waals surface area contributed by atoms with Crippen LogP contribution in [0.25, 0.3) is 6.08 Å². The first-order chi connectivity index (χ1) is 7.24. The lowest BCUT2D eigenvalue weighted by Gasteiger charge is -2.32. The Morgan fingerprint density at radius 1 is 1.27 bits per heavy atom. The molecule has 0 fully saturated rings. The Bertz CT molecular complexity index is 390. The summed E-state index contributed by atoms with van der Waals surface area (Å²) >= 11 is 0. The van der Waals surface area contributed by atoms with Crippen LogP contribution in [-0.2, 0) is 0 Å². The minimum Gasteiger partial charge on any atom is -0.302 e. The second-order valence-corrected chi connectivity index (χ2v) is 4.20. The van der Waals surface area contributed by atoms with E-state index >= 15 is 0 Å². The molecule has 1 nitrogen and oxygen atoms in total. The Balaban J connectivity index is 2.46. The molecule has 2 atom stereocenters. The molecule has 0 amide bonds. The number of rotatable bonds is 2. The van der Waals surface area contributed by atoms with E-state index in [4.69, 9.17) is 0 Å². The van der Waals surface area contributed by atoms with Gasteiger partial charge < -0.3 is 4.90 Å². The van der Waals surface area contributed by atoms with Crippen LogP contribution in [-0.4, -0.2) is 25.0 Å². The van der Waals surface area contributed by atoms with Gasteiger partial charge in [-0.05, 0) is 25.2 Å². The molecule has 0 aliphatic heterocycles. The highest BCUT2D eigenvalue weighted by Gasteiger charge is 2.24. The van der Waals surface area contributed by atoms with Gasteiger partial charge in [-0.3, -0.25) is 0 Å². The average molecular weight is 199 g/mol. The molecule has 0 bridgehead atoms. The molecule has 1 aromatic carbocycles. The summed E-state index contributed by atoms with van der Waals surface area (Å²) in [5.41, 5.74) is 2.70. The monoisotopic (exact) mass is 199 g/mol. The van der Waals surface area contributed by atoms with Gasteiger partial charge in [-0.1, -0.05) is 42.5 Å². The van der Waals surface area contributed by atoms with Gasteiger partial charge in [-0.25, -0.2) is 0 Å². The summed E-state index contributed by atoms with van der Waals surface area (Å²) in [6.45, 7) is 3.96. The quantitative estimate of drug-likeness (QED) is 0.662. The molecule has 2 rings (SSSR count). The Morgan fingerprint density at radius 3 is 2.67 bits per heavy atom. The molecule has 2 unspecified atom stereocenters. The van der Waals surface area contributed by atoms with E-state index in [-0.39, 0.29) is 0 Å². The van der Waals surface area contributed by atoms with Gasteiger partial charge in [0.15, 0.2) is 0 Å². The summed E-state index contributed by atoms with van der Waals surface area (Å²) in [6, 6.07) is 8.97. The lowest BCUT2D eigenvalue weighted by atomic mass is 9.83. The molecule has 0 radical (unpaired) electrons. The number of hydrogen-bond acceptors (Lipinski definition) is 1. The highest BCUT2D eigenvalue weighted by molar-refractivity contribution is 5.60. The molecule has 0 saturated carbocycles. The topological polar surface area (TPSA) is 3.24 Å². The van der Waals surface area contributed by atoms with Crippen LogP contribution >= 0.6 is 0 Å². The fourth-order valence-electron chi connectivity index (χ4n) is 2.23. The van der Waals surface area contributed by atoms with Gasteiger partial charge in [0.25, 0.3) is 0 Å². The second kappa shape index (κ2) is 4.03. The molecule has 1 aliphatic carbocycles. The zero-order chi connectivity index (χ0) is 10.8. The van der Waals surface area contributed by atoms with Gasteiger partial charge in [-0.15, -0.1) is 6.58 Å². The van der Waals surface area contributed by atoms with E-state index in [2.05, 4.69) is 62.0 Å². The predicted octanol–water partition coefficient (Wildman–Crippen LogP) is 2.91. The standard InChI is InChI=1S/C14H17N/c1-4-12-13-8-6-5-7-11(13)9-10-14(12)15(2)3/h4-10,12,14H,1H2,2-3H3. The fraction of sp³-hybridized carbons (Fsp3) is 0.286. The number of fused-ring (bicyclic) bond motifs is 1. The summed E-state index contributed by atoms with van der Waals surface area (Å²) in [5, 5.41) is 0. The number of hydrogen-bond donors (Lipinski definition) is 0. The van der Waals surface area contributed by atoms with E-state index in [1.807, 2.05) is 6.08 Å². The normalized spacial score (nSPS) is 23.9. The minimum absolute atomic E-state index is 0.404. The van der Waals surface area contributed by atoms with Crippen molar-refractivity contribution < 1.29 is 0 Å². The third-order valence-electron chi connectivity index (χ3n) is 3.05. The van der Waals surface area contributed by atoms with Crippen molar-refractivity contribution in [1.82, 2.24) is 4.90 Å². The van der Waals surface area contributed by atoms with Gasteiger partial charge >= 0.3 is 0 Å². The highest BCUT2D eigenvalue weighted by atomic mass is 15.1. The molecular weight excluding hydrogens is 182 g/mol. The lowest BCUT2D eigenvalue weighted by Crippen LogP contribution is -2.33. The third kappa shape index (κ3) is 1.75. The summed E-state index contributed by atoms with van der Waals surface area (Å²) in [4.78, 5) is 2.23. The molecule has 0 spiro atoms. The maximum atomic E-state index is 3.96. The van der Waals surface area contributed by atoms with Crippen LogP contribution in [0.4, 0.5) is 0 Å². The van der Waals surface area contributed by atoms with Gasteiger partial charge in [0.05, 0.1) is 0 Å². The molecule has 1 heteroatoms. The van der Waals surface area contributed by atoms with E-state index in [0.29, 0.717) is 12.0 Å². The summed E-state index contributed by atoms with van der Waals surface area (Å²) in [5.74, 6) is 0.404. The van der Waals surface area contributed by atoms with E-state index in [1.54, 1.807) is 0 Å². The van der Waals surface area contributed by atoms with Crippen LogP contribution < -0.4 is 0 Å². The van der Waals surface area contributed by atoms with Crippen LogP contribution in [0.15, 0.2) is 43.0 Å². The van der Waals surface area contributed by atoms with Crippen molar-refractivity contribution in [3.05, 3.63) is 54.1 Å². The van der Waals surface area contributed by atoms with Crippen LogP contribution in [0, 0.1) is 0 Å². The van der Waals surface area contributed by atoms with E-state index in [0.717, 1.165) is 0 Å². The van der Waals surface area contributed by atoms with Crippen LogP contribution in [0.2, 0.25) is 0 Å². The minimum atomic E-state index is 0.404. The first kappa shape index (κ1) is 10.2. The highest BCUT2D eigenvalue weighted by Crippen LogP contribution is 2.32. The Morgan fingerprint density at radius 2 is 2.00 bits per heavy atom. The second-order valence-electron chi connectivity index (χ2n) is 4.20. The molecule has 0 N–H and O–H groups in total. The Hall–Kier alpha value is -1.34. The SMILES string of the molecule is C=CC1c2ccccc2C=CC1N(C)C. The van der Waals surface area contributed by atoms with Crippen molar-refractivity contribution in [3.63, 3.8) is 0 Å². The first-order valence-corrected chi connectivity index (χ1v) is 5.30. The average Bonchev–Trinajstić information content (AvgIpc) is 2.27. The van der Waals surface area contributed by atoms with Crippen molar-refractivity contribution in [1.29, 1.82) is 0 Å². The lowest BCUT2D eigenvalue weighted by molar-refractivity contribution is 0.321. The predicted molar refractivity (Wildman–Crippen MR) is 65.9 cm³/mol. The van der Waals surface area contributed by atoms with Gasteiger partial charge in [0, 0.05) is 12.0 Å². The summed E-state index contributed by atoms with van der Waals surface area (Å²) in [7, 11) is 4.22. The maximum Gasteiger partial charge on any atom is 0.0378 e. The van der Waals surface area contributed by atoms with Gasteiger partial charge in [0.1, 0.15) is 0 Å². The van der Waals surface area contributed by atoms with Crippen molar-refractivity contribution in [2.24, 2.45) is 0 Å². The fourth-order valence-corrected chi connectivity index (χ4v) is 2.23. The van der Waals surface area contributed by atoms with E-state index in [9.17, 15) is 0 Å². The smallest absolute Gasteiger partial charge is 0.0378 e. The van der Waals surface area contributed by atoms with E-state index < -0.39 is 0 Å². The Kier molecular flexibility index (Phi) is 2.74. The molecule has 1 aromatic rings. The largest absolute Gasteiger partial charge is 0.302 e. The number of nitrogens with zero attached hydrogens (tertiary/aromatic N) is 1. The molecular formula is C14H17N. The van der Waals surface area contributed by atoms with Crippen LogP contribution in [0.1, 0.15) is 17.0 Å². The van der Waals surface area contributed by atoms with Crippen LogP contribution in [0.5, 0.6) is 0 Å². The number of benzene rings is 1. The molecule has 1 aliphatic rings. The van der Waals surface area contributed by atoms with Crippen LogP contribution in [0.3, 0.4) is 0 Å². The number of likely N-dealkylation sites (N-methyl/N-ethyl adjacent to an activating group) is 1. The first-order valence-electron chi connectivity index (χ1n) is 5.30. The third-order valence-corrected chi connectivity index (χ3v) is 3.05. The zero-order valence-electron chi connectivity index (χ0n) is 9.35. The van der Waals surface area contributed by atoms with Crippen molar-refractivity contribution in [2.45, 2.75) is 12.0 Å². The maximum absolute atomic E-state index is 3.96. The van der Waals surface area contributed by atoms with Gasteiger partial charge in [0.2, 0.25) is 0 Å².